The van der Waals surface area contributed by atoms with Gasteiger partial charge in [-0.25, -0.2) is 0 Å². The molecule has 0 aromatic rings. The molecule has 2 aliphatic rings. The van der Waals surface area contributed by atoms with Gasteiger partial charge < -0.3 is 10.2 Å². The maximum absolute atomic E-state index is 11.4. The maximum atomic E-state index is 11.4. The van der Waals surface area contributed by atoms with Crippen LogP contribution in [0.4, 0.5) is 0 Å². The molecule has 2 aliphatic heterocycles. The average molecular weight is 180 g/mol. The van der Waals surface area contributed by atoms with Gasteiger partial charge >= 0.3 is 0 Å². The van der Waals surface area contributed by atoms with Gasteiger partial charge in [0.25, 0.3) is 0 Å². The van der Waals surface area contributed by atoms with Gasteiger partial charge in [0.15, 0.2) is 0 Å². The van der Waals surface area contributed by atoms with E-state index >= 15 is 0 Å². The molecule has 70 valence electrons. The minimum atomic E-state index is -0.329. The Kier molecular flexibility index (Phi) is 1.49. The molecule has 0 spiro atoms. The van der Waals surface area contributed by atoms with Gasteiger partial charge in [-0.1, -0.05) is 19.9 Å². The molecule has 1 N–H and O–H groups in total. The Balaban J connectivity index is 2.43. The van der Waals surface area contributed by atoms with Crippen LogP contribution in [-0.2, 0) is 9.59 Å². The first-order chi connectivity index (χ1) is 6.02. The standard InChI is InChI=1S/C9H12N2O2/c1-9(2)4-3-6(12)11-5-10-8(13)7(9)11/h3-4,7H,5H2,1-2H3,(H,10,13). The first-order valence-electron chi connectivity index (χ1n) is 4.30. The first kappa shape index (κ1) is 8.29. The summed E-state index contributed by atoms with van der Waals surface area (Å²) in [6.45, 7) is 4.26. The molecule has 2 heterocycles. The minimum absolute atomic E-state index is 0.0531. The quantitative estimate of drug-likeness (QED) is 0.564. The lowest BCUT2D eigenvalue weighted by Crippen LogP contribution is -2.49. The third-order valence-corrected chi connectivity index (χ3v) is 2.63. The van der Waals surface area contributed by atoms with Gasteiger partial charge in [-0.2, -0.15) is 0 Å². The Bertz CT molecular complexity index is 307. The number of nitrogens with one attached hydrogen (secondary N) is 1. The van der Waals surface area contributed by atoms with Crippen molar-refractivity contribution in [2.75, 3.05) is 6.67 Å². The number of hydrogen-bond acceptors (Lipinski definition) is 2. The number of carbonyl (C=O) groups is 2. The normalized spacial score (nSPS) is 30.3. The van der Waals surface area contributed by atoms with Crippen LogP contribution in [-0.4, -0.2) is 29.4 Å². The zero-order valence-electron chi connectivity index (χ0n) is 7.70. The molecule has 0 bridgehead atoms. The number of amides is 2. The molecule has 0 aliphatic carbocycles. The van der Waals surface area contributed by atoms with Crippen molar-refractivity contribution >= 4 is 11.8 Å². The third-order valence-electron chi connectivity index (χ3n) is 2.63. The second-order valence-electron chi connectivity index (χ2n) is 4.06. The summed E-state index contributed by atoms with van der Waals surface area (Å²) in [6, 6.07) is -0.329. The molecule has 0 aromatic heterocycles. The monoisotopic (exact) mass is 180 g/mol. The summed E-state index contributed by atoms with van der Waals surface area (Å²) in [4.78, 5) is 24.4. The highest BCUT2D eigenvalue weighted by atomic mass is 16.2. The molecule has 4 nitrogen and oxygen atoms in total. The number of hydrogen-bond donors (Lipinski definition) is 1. The zero-order valence-corrected chi connectivity index (χ0v) is 7.70. The van der Waals surface area contributed by atoms with Crippen LogP contribution in [0, 0.1) is 5.41 Å². The predicted molar refractivity (Wildman–Crippen MR) is 46.6 cm³/mol. The molecule has 1 saturated heterocycles. The van der Waals surface area contributed by atoms with Gasteiger partial charge in [-0.15, -0.1) is 0 Å². The largest absolute Gasteiger partial charge is 0.337 e. The summed E-state index contributed by atoms with van der Waals surface area (Å²) in [5, 5.41) is 2.67. The molecule has 0 saturated carbocycles. The van der Waals surface area contributed by atoms with E-state index in [2.05, 4.69) is 5.32 Å². The highest BCUT2D eigenvalue weighted by Crippen LogP contribution is 2.32. The van der Waals surface area contributed by atoms with Crippen molar-refractivity contribution in [2.24, 2.45) is 5.41 Å². The summed E-state index contributed by atoms with van der Waals surface area (Å²) in [6.07, 6.45) is 3.35. The number of rotatable bonds is 0. The van der Waals surface area contributed by atoms with Crippen molar-refractivity contribution in [3.05, 3.63) is 12.2 Å². The van der Waals surface area contributed by atoms with Gasteiger partial charge in [0.05, 0.1) is 6.67 Å². The Labute approximate surface area is 76.6 Å². The van der Waals surface area contributed by atoms with E-state index in [1.165, 1.54) is 6.08 Å². The van der Waals surface area contributed by atoms with Crippen LogP contribution < -0.4 is 5.32 Å². The SMILES string of the molecule is CC1(C)C=CC(=O)N2CNC(=O)C21. The van der Waals surface area contributed by atoms with Crippen molar-refractivity contribution in [1.29, 1.82) is 0 Å². The second kappa shape index (κ2) is 2.34. The summed E-state index contributed by atoms with van der Waals surface area (Å²) in [5.74, 6) is -0.134. The molecule has 4 heteroatoms. The van der Waals surface area contributed by atoms with Crippen molar-refractivity contribution < 1.29 is 9.59 Å². The van der Waals surface area contributed by atoms with E-state index in [-0.39, 0.29) is 23.3 Å². The van der Waals surface area contributed by atoms with Crippen LogP contribution >= 0.6 is 0 Å². The second-order valence-corrected chi connectivity index (χ2v) is 4.06. The molecule has 13 heavy (non-hydrogen) atoms. The fourth-order valence-corrected chi connectivity index (χ4v) is 1.91. The average Bonchev–Trinajstić information content (AvgIpc) is 2.42. The first-order valence-corrected chi connectivity index (χ1v) is 4.30. The molecule has 0 radical (unpaired) electrons. The lowest BCUT2D eigenvalue weighted by Gasteiger charge is -2.35. The van der Waals surface area contributed by atoms with Crippen LogP contribution in [0.5, 0.6) is 0 Å². The van der Waals surface area contributed by atoms with E-state index in [1.54, 1.807) is 11.0 Å². The lowest BCUT2D eigenvalue weighted by molar-refractivity contribution is -0.134. The van der Waals surface area contributed by atoms with Crippen LogP contribution in [0.2, 0.25) is 0 Å². The van der Waals surface area contributed by atoms with E-state index in [0.717, 1.165) is 0 Å². The van der Waals surface area contributed by atoms with E-state index in [4.69, 9.17) is 0 Å². The van der Waals surface area contributed by atoms with Crippen molar-refractivity contribution in [3.8, 4) is 0 Å². The summed E-state index contributed by atoms with van der Waals surface area (Å²) in [7, 11) is 0. The van der Waals surface area contributed by atoms with Gasteiger partial charge in [-0.05, 0) is 6.08 Å². The van der Waals surface area contributed by atoms with E-state index in [9.17, 15) is 9.59 Å². The van der Waals surface area contributed by atoms with Gasteiger partial charge in [-0.3, -0.25) is 9.59 Å². The Hall–Kier alpha value is -1.32. The summed E-state index contributed by atoms with van der Waals surface area (Å²) in [5.41, 5.74) is -0.255. The molecule has 1 unspecified atom stereocenters. The minimum Gasteiger partial charge on any atom is -0.337 e. The summed E-state index contributed by atoms with van der Waals surface area (Å²) < 4.78 is 0. The van der Waals surface area contributed by atoms with E-state index < -0.39 is 0 Å². The molecular weight excluding hydrogens is 168 g/mol. The molecule has 0 aromatic carbocycles. The van der Waals surface area contributed by atoms with Crippen LogP contribution in [0.25, 0.3) is 0 Å². The van der Waals surface area contributed by atoms with E-state index in [0.29, 0.717) is 6.67 Å². The number of nitrogens with zero attached hydrogens (tertiary/aromatic N) is 1. The fourth-order valence-electron chi connectivity index (χ4n) is 1.91. The Morgan fingerprint density at radius 1 is 1.54 bits per heavy atom. The van der Waals surface area contributed by atoms with Gasteiger partial charge in [0, 0.05) is 5.41 Å². The number of fused-ring (bicyclic) bond motifs is 1. The van der Waals surface area contributed by atoms with Crippen molar-refractivity contribution in [3.63, 3.8) is 0 Å². The smallest absolute Gasteiger partial charge is 0.248 e. The van der Waals surface area contributed by atoms with Crippen LogP contribution in [0.1, 0.15) is 13.8 Å². The third kappa shape index (κ3) is 1.05. The molecule has 2 rings (SSSR count). The van der Waals surface area contributed by atoms with Gasteiger partial charge in [0.2, 0.25) is 11.8 Å². The Morgan fingerprint density at radius 3 is 2.85 bits per heavy atom. The van der Waals surface area contributed by atoms with Crippen LogP contribution in [0.3, 0.4) is 0 Å². The fraction of sp³-hybridized carbons (Fsp3) is 0.556. The summed E-state index contributed by atoms with van der Waals surface area (Å²) >= 11 is 0. The molecule has 2 amide bonds. The maximum Gasteiger partial charge on any atom is 0.248 e. The predicted octanol–water partition coefficient (Wildman–Crippen LogP) is -0.133. The molecule has 1 fully saturated rings. The highest BCUT2D eigenvalue weighted by Gasteiger charge is 2.46. The Morgan fingerprint density at radius 2 is 2.23 bits per heavy atom. The van der Waals surface area contributed by atoms with Crippen LogP contribution in [0.15, 0.2) is 12.2 Å². The topological polar surface area (TPSA) is 49.4 Å². The van der Waals surface area contributed by atoms with Gasteiger partial charge in [0.1, 0.15) is 6.04 Å². The van der Waals surface area contributed by atoms with Crippen molar-refractivity contribution in [2.45, 2.75) is 19.9 Å². The lowest BCUT2D eigenvalue weighted by atomic mass is 9.81. The highest BCUT2D eigenvalue weighted by molar-refractivity contribution is 5.97. The zero-order chi connectivity index (χ0) is 9.64. The molecule has 1 atom stereocenters. The van der Waals surface area contributed by atoms with E-state index in [1.807, 2.05) is 13.8 Å². The van der Waals surface area contributed by atoms with Crippen molar-refractivity contribution in [1.82, 2.24) is 10.2 Å². The molecular formula is C9H12N2O2. The number of carbonyl (C=O) groups excluding carboxylic acids is 2.